The molecule has 0 bridgehead atoms. The zero-order valence-electron chi connectivity index (χ0n) is 14.8. The van der Waals surface area contributed by atoms with Crippen molar-refractivity contribution in [1.82, 2.24) is 0 Å². The molecule has 0 atom stereocenters. The summed E-state index contributed by atoms with van der Waals surface area (Å²) in [5.41, 5.74) is 5.86. The maximum absolute atomic E-state index is 3.80. The van der Waals surface area contributed by atoms with E-state index >= 15 is 0 Å². The first-order chi connectivity index (χ1) is 9.06. The molecule has 114 valence electrons. The first-order valence-corrected chi connectivity index (χ1v) is 7.92. The molecule has 0 aliphatic carbocycles. The third-order valence-electron chi connectivity index (χ3n) is 3.99. The second-order valence-electron chi connectivity index (χ2n) is 7.87. The van der Waals surface area contributed by atoms with E-state index in [0.717, 1.165) is 0 Å². The van der Waals surface area contributed by atoms with Crippen molar-refractivity contribution >= 4 is 5.69 Å². The zero-order valence-corrected chi connectivity index (χ0v) is 14.8. The average molecular weight is 275 g/mol. The number of hydrogen-bond donors (Lipinski definition) is 1. The minimum Gasteiger partial charge on any atom is -0.380 e. The van der Waals surface area contributed by atoms with Crippen LogP contribution in [-0.4, -0.2) is 5.54 Å². The van der Waals surface area contributed by atoms with Crippen LogP contribution >= 0.6 is 0 Å². The number of nitrogens with one attached hydrogen (secondary N) is 1. The molecule has 0 amide bonds. The van der Waals surface area contributed by atoms with Crippen LogP contribution in [0.15, 0.2) is 12.1 Å². The highest BCUT2D eigenvalue weighted by Gasteiger charge is 2.28. The average Bonchev–Trinajstić information content (AvgIpc) is 2.21. The van der Waals surface area contributed by atoms with Crippen LogP contribution in [0.2, 0.25) is 0 Å². The van der Waals surface area contributed by atoms with Crippen LogP contribution in [0.4, 0.5) is 5.69 Å². The maximum atomic E-state index is 3.80. The molecule has 1 N–H and O–H groups in total. The fourth-order valence-corrected chi connectivity index (χ4v) is 3.72. The van der Waals surface area contributed by atoms with Gasteiger partial charge in [-0.2, -0.15) is 0 Å². The van der Waals surface area contributed by atoms with E-state index in [4.69, 9.17) is 0 Å². The van der Waals surface area contributed by atoms with Crippen LogP contribution in [0.1, 0.15) is 70.6 Å². The van der Waals surface area contributed by atoms with Gasteiger partial charge in [-0.3, -0.25) is 0 Å². The second-order valence-corrected chi connectivity index (χ2v) is 7.87. The molecule has 0 unspecified atom stereocenters. The molecule has 0 aromatic heterocycles. The van der Waals surface area contributed by atoms with Gasteiger partial charge < -0.3 is 5.32 Å². The standard InChI is InChI=1S/C19H33N/c1-9-10-18(5,6)13-19(7,8)20-17-15(3)11-14(2)12-16(17)4/h11-12,20H,9-10,13H2,1-8H3. The van der Waals surface area contributed by atoms with Gasteiger partial charge in [0, 0.05) is 11.2 Å². The molecule has 1 nitrogen and oxygen atoms in total. The Bertz CT molecular complexity index is 432. The molecule has 0 heterocycles. The van der Waals surface area contributed by atoms with Crippen molar-refractivity contribution in [2.75, 3.05) is 5.32 Å². The van der Waals surface area contributed by atoms with Gasteiger partial charge in [0.25, 0.3) is 0 Å². The largest absolute Gasteiger partial charge is 0.380 e. The maximum Gasteiger partial charge on any atom is 0.0403 e. The van der Waals surface area contributed by atoms with Crippen molar-refractivity contribution in [3.63, 3.8) is 0 Å². The minimum atomic E-state index is 0.115. The van der Waals surface area contributed by atoms with Crippen LogP contribution in [-0.2, 0) is 0 Å². The summed E-state index contributed by atoms with van der Waals surface area (Å²) in [4.78, 5) is 0. The summed E-state index contributed by atoms with van der Waals surface area (Å²) in [6, 6.07) is 4.53. The molecule has 0 aliphatic heterocycles. The van der Waals surface area contributed by atoms with Crippen molar-refractivity contribution in [3.05, 3.63) is 28.8 Å². The van der Waals surface area contributed by atoms with Crippen molar-refractivity contribution in [2.24, 2.45) is 5.41 Å². The highest BCUT2D eigenvalue weighted by atomic mass is 15.0. The summed E-state index contributed by atoms with van der Waals surface area (Å²) >= 11 is 0. The Morgan fingerprint density at radius 3 is 1.90 bits per heavy atom. The van der Waals surface area contributed by atoms with Gasteiger partial charge in [-0.1, -0.05) is 44.9 Å². The number of rotatable bonds is 6. The molecule has 0 radical (unpaired) electrons. The number of hydrogen-bond acceptors (Lipinski definition) is 1. The molecule has 0 spiro atoms. The number of benzene rings is 1. The Balaban J connectivity index is 2.91. The van der Waals surface area contributed by atoms with Gasteiger partial charge in [-0.05, 0) is 64.0 Å². The van der Waals surface area contributed by atoms with Crippen LogP contribution in [0.3, 0.4) is 0 Å². The van der Waals surface area contributed by atoms with Crippen molar-refractivity contribution < 1.29 is 0 Å². The minimum absolute atomic E-state index is 0.115. The number of anilines is 1. The first kappa shape index (κ1) is 17.1. The lowest BCUT2D eigenvalue weighted by Crippen LogP contribution is -2.37. The lowest BCUT2D eigenvalue weighted by atomic mass is 9.77. The molecule has 1 aromatic rings. The SMILES string of the molecule is CCCC(C)(C)CC(C)(C)Nc1c(C)cc(C)cc1C. The summed E-state index contributed by atoms with van der Waals surface area (Å²) in [6.07, 6.45) is 3.72. The first-order valence-electron chi connectivity index (χ1n) is 7.92. The van der Waals surface area contributed by atoms with Gasteiger partial charge in [-0.25, -0.2) is 0 Å². The molecule has 0 fully saturated rings. The van der Waals surface area contributed by atoms with E-state index in [1.807, 2.05) is 0 Å². The normalized spacial score (nSPS) is 12.6. The van der Waals surface area contributed by atoms with E-state index in [2.05, 4.69) is 72.8 Å². The Morgan fingerprint density at radius 1 is 0.950 bits per heavy atom. The van der Waals surface area contributed by atoms with Crippen LogP contribution in [0.5, 0.6) is 0 Å². The zero-order chi connectivity index (χ0) is 15.6. The number of aryl methyl sites for hydroxylation is 3. The molecule has 0 saturated heterocycles. The van der Waals surface area contributed by atoms with Gasteiger partial charge in [0.05, 0.1) is 0 Å². The van der Waals surface area contributed by atoms with E-state index in [-0.39, 0.29) is 5.54 Å². The van der Waals surface area contributed by atoms with E-state index in [0.29, 0.717) is 5.41 Å². The topological polar surface area (TPSA) is 12.0 Å². The Hall–Kier alpha value is -0.980. The highest BCUT2D eigenvalue weighted by molar-refractivity contribution is 5.59. The molecule has 20 heavy (non-hydrogen) atoms. The summed E-state index contributed by atoms with van der Waals surface area (Å²) in [7, 11) is 0. The Labute approximate surface area is 126 Å². The van der Waals surface area contributed by atoms with Crippen molar-refractivity contribution in [2.45, 2.75) is 80.2 Å². The van der Waals surface area contributed by atoms with E-state index in [1.165, 1.54) is 41.6 Å². The van der Waals surface area contributed by atoms with E-state index in [1.54, 1.807) is 0 Å². The molecular weight excluding hydrogens is 242 g/mol. The summed E-state index contributed by atoms with van der Waals surface area (Å²) in [5.74, 6) is 0. The lowest BCUT2D eigenvalue weighted by Gasteiger charge is -2.37. The van der Waals surface area contributed by atoms with Gasteiger partial charge in [-0.15, -0.1) is 0 Å². The lowest BCUT2D eigenvalue weighted by molar-refractivity contribution is 0.251. The Morgan fingerprint density at radius 2 is 1.45 bits per heavy atom. The smallest absolute Gasteiger partial charge is 0.0403 e. The van der Waals surface area contributed by atoms with E-state index < -0.39 is 0 Å². The third kappa shape index (κ3) is 4.85. The summed E-state index contributed by atoms with van der Waals surface area (Å²) in [5, 5.41) is 3.80. The fourth-order valence-electron chi connectivity index (χ4n) is 3.72. The van der Waals surface area contributed by atoms with Crippen LogP contribution < -0.4 is 5.32 Å². The van der Waals surface area contributed by atoms with Crippen molar-refractivity contribution in [3.8, 4) is 0 Å². The summed E-state index contributed by atoms with van der Waals surface area (Å²) in [6.45, 7) is 18.3. The molecule has 1 rings (SSSR count). The molecule has 0 aliphatic rings. The third-order valence-corrected chi connectivity index (χ3v) is 3.99. The van der Waals surface area contributed by atoms with Crippen molar-refractivity contribution in [1.29, 1.82) is 0 Å². The van der Waals surface area contributed by atoms with Gasteiger partial charge in [0.2, 0.25) is 0 Å². The second kappa shape index (κ2) is 6.20. The van der Waals surface area contributed by atoms with Gasteiger partial charge >= 0.3 is 0 Å². The van der Waals surface area contributed by atoms with Gasteiger partial charge in [0.15, 0.2) is 0 Å². The molecule has 1 aromatic carbocycles. The van der Waals surface area contributed by atoms with Gasteiger partial charge in [0.1, 0.15) is 0 Å². The Kier molecular flexibility index (Phi) is 5.29. The molecule has 0 saturated carbocycles. The molecular formula is C19H33N. The van der Waals surface area contributed by atoms with Crippen LogP contribution in [0, 0.1) is 26.2 Å². The quantitative estimate of drug-likeness (QED) is 0.669. The highest BCUT2D eigenvalue weighted by Crippen LogP contribution is 2.35. The predicted octanol–water partition coefficient (Wildman–Crippen LogP) is 6.02. The van der Waals surface area contributed by atoms with Crippen LogP contribution in [0.25, 0.3) is 0 Å². The van der Waals surface area contributed by atoms with E-state index in [9.17, 15) is 0 Å². The molecule has 1 heteroatoms. The summed E-state index contributed by atoms with van der Waals surface area (Å²) < 4.78 is 0. The monoisotopic (exact) mass is 275 g/mol. The predicted molar refractivity (Wildman–Crippen MR) is 91.7 cm³/mol. The fraction of sp³-hybridized carbons (Fsp3) is 0.684.